The molecule has 0 radical (unpaired) electrons. The highest BCUT2D eigenvalue weighted by Gasteiger charge is 2.35. The lowest BCUT2D eigenvalue weighted by atomic mass is 10.1. The van der Waals surface area contributed by atoms with Crippen LogP contribution in [0.4, 0.5) is 0 Å². The van der Waals surface area contributed by atoms with Gasteiger partial charge in [-0.05, 0) is 45.0 Å². The smallest absolute Gasteiger partial charge is 0.338 e. The van der Waals surface area contributed by atoms with Crippen molar-refractivity contribution in [3.05, 3.63) is 70.6 Å². The van der Waals surface area contributed by atoms with Crippen LogP contribution in [-0.2, 0) is 11.3 Å². The number of carbonyl (C=O) groups excluding carboxylic acids is 4. The van der Waals surface area contributed by atoms with E-state index in [-0.39, 0.29) is 29.0 Å². The zero-order valence-electron chi connectivity index (χ0n) is 16.7. The first kappa shape index (κ1) is 20.3. The maximum atomic E-state index is 12.5. The van der Waals surface area contributed by atoms with Crippen LogP contribution < -0.4 is 0 Å². The summed E-state index contributed by atoms with van der Waals surface area (Å²) < 4.78 is 7.16. The number of Topliss-reactive ketones (excluding diaryl/α,β-unsaturated/α-hetero) is 1. The molecule has 1 aliphatic rings. The van der Waals surface area contributed by atoms with Crippen molar-refractivity contribution in [1.29, 1.82) is 0 Å². The van der Waals surface area contributed by atoms with Gasteiger partial charge >= 0.3 is 5.97 Å². The maximum Gasteiger partial charge on any atom is 0.338 e. The molecule has 0 saturated carbocycles. The van der Waals surface area contributed by atoms with Gasteiger partial charge in [-0.3, -0.25) is 19.3 Å². The van der Waals surface area contributed by atoms with Crippen molar-refractivity contribution >= 4 is 23.6 Å². The van der Waals surface area contributed by atoms with Gasteiger partial charge in [-0.2, -0.15) is 0 Å². The van der Waals surface area contributed by atoms with Crippen LogP contribution in [0.25, 0.3) is 0 Å². The summed E-state index contributed by atoms with van der Waals surface area (Å²) in [5.74, 6) is -1.93. The van der Waals surface area contributed by atoms with Crippen molar-refractivity contribution in [2.45, 2.75) is 27.3 Å². The first-order valence-electron chi connectivity index (χ1n) is 9.28. The second-order valence-corrected chi connectivity index (χ2v) is 6.80. The van der Waals surface area contributed by atoms with E-state index < -0.39 is 24.4 Å². The van der Waals surface area contributed by atoms with Crippen molar-refractivity contribution in [3.63, 3.8) is 0 Å². The molecule has 2 amide bonds. The summed E-state index contributed by atoms with van der Waals surface area (Å²) in [5.41, 5.74) is 2.80. The Hall–Kier alpha value is -3.48. The van der Waals surface area contributed by atoms with Crippen LogP contribution in [0.3, 0.4) is 0 Å². The number of amides is 2. The number of fused-ring (bicyclic) bond motifs is 1. The van der Waals surface area contributed by atoms with E-state index in [9.17, 15) is 19.2 Å². The number of nitrogens with zero attached hydrogens (tertiary/aromatic N) is 2. The second-order valence-electron chi connectivity index (χ2n) is 6.80. The minimum absolute atomic E-state index is 0.0941. The fourth-order valence-corrected chi connectivity index (χ4v) is 3.57. The fourth-order valence-electron chi connectivity index (χ4n) is 3.57. The number of esters is 1. The van der Waals surface area contributed by atoms with Gasteiger partial charge in [0.25, 0.3) is 11.8 Å². The lowest BCUT2D eigenvalue weighted by Gasteiger charge is -2.09. The molecule has 0 saturated heterocycles. The van der Waals surface area contributed by atoms with Gasteiger partial charge in [0.05, 0.1) is 16.7 Å². The average molecular weight is 394 g/mol. The molecule has 3 rings (SSSR count). The summed E-state index contributed by atoms with van der Waals surface area (Å²) in [6, 6.07) is 5.94. The number of hydrogen-bond acceptors (Lipinski definition) is 5. The molecular formula is C22H22N2O5. The summed E-state index contributed by atoms with van der Waals surface area (Å²) in [7, 11) is 0. The lowest BCUT2D eigenvalue weighted by molar-refractivity contribution is 0.0474. The van der Waals surface area contributed by atoms with Crippen molar-refractivity contribution in [1.82, 2.24) is 9.47 Å². The number of hydrogen-bond donors (Lipinski definition) is 0. The highest BCUT2D eigenvalue weighted by Crippen LogP contribution is 2.24. The predicted molar refractivity (Wildman–Crippen MR) is 106 cm³/mol. The van der Waals surface area contributed by atoms with Gasteiger partial charge in [-0.25, -0.2) is 4.79 Å². The molecule has 2 aromatic rings. The number of benzene rings is 1. The van der Waals surface area contributed by atoms with Crippen LogP contribution in [0.5, 0.6) is 0 Å². The summed E-state index contributed by atoms with van der Waals surface area (Å²) in [4.78, 5) is 50.5. The Bertz CT molecular complexity index is 1050. The SMILES string of the molecule is C=CCN1C(=O)c2ccc(C(=O)OCC(=O)c3cc(C)n(CC)c3C)cc2C1=O. The maximum absolute atomic E-state index is 12.5. The van der Waals surface area contributed by atoms with Crippen LogP contribution in [0, 0.1) is 13.8 Å². The normalized spacial score (nSPS) is 12.9. The number of aromatic nitrogens is 1. The van der Waals surface area contributed by atoms with E-state index >= 15 is 0 Å². The Labute approximate surface area is 168 Å². The minimum atomic E-state index is -0.729. The molecule has 0 bridgehead atoms. The van der Waals surface area contributed by atoms with Gasteiger partial charge in [0.2, 0.25) is 5.78 Å². The Morgan fingerprint density at radius 1 is 1.10 bits per heavy atom. The lowest BCUT2D eigenvalue weighted by Crippen LogP contribution is -2.29. The van der Waals surface area contributed by atoms with Gasteiger partial charge in [0.15, 0.2) is 6.61 Å². The van der Waals surface area contributed by atoms with Crippen LogP contribution in [0.15, 0.2) is 36.9 Å². The molecule has 1 aliphatic heterocycles. The van der Waals surface area contributed by atoms with Crippen molar-refractivity contribution in [2.24, 2.45) is 0 Å². The third kappa shape index (κ3) is 3.51. The first-order valence-corrected chi connectivity index (χ1v) is 9.28. The number of rotatable bonds is 7. The Balaban J connectivity index is 1.73. The van der Waals surface area contributed by atoms with E-state index in [1.807, 2.05) is 25.3 Å². The number of carbonyl (C=O) groups is 4. The zero-order valence-corrected chi connectivity index (χ0v) is 16.7. The van der Waals surface area contributed by atoms with Crippen molar-refractivity contribution < 1.29 is 23.9 Å². The number of imide groups is 1. The third-order valence-electron chi connectivity index (χ3n) is 5.04. The Morgan fingerprint density at radius 2 is 1.79 bits per heavy atom. The summed E-state index contributed by atoms with van der Waals surface area (Å²) in [6.45, 7) is 9.72. The molecule has 0 N–H and O–H groups in total. The van der Waals surface area contributed by atoms with Crippen molar-refractivity contribution in [3.8, 4) is 0 Å². The van der Waals surface area contributed by atoms with Gasteiger partial charge in [-0.15, -0.1) is 6.58 Å². The number of aryl methyl sites for hydroxylation is 1. The van der Waals surface area contributed by atoms with E-state index in [4.69, 9.17) is 4.74 Å². The average Bonchev–Trinajstić information content (AvgIpc) is 3.13. The molecule has 0 aliphatic carbocycles. The van der Waals surface area contributed by atoms with Crippen LogP contribution in [-0.4, -0.2) is 46.2 Å². The van der Waals surface area contributed by atoms with E-state index in [0.717, 1.165) is 22.8 Å². The Morgan fingerprint density at radius 3 is 2.41 bits per heavy atom. The quantitative estimate of drug-likeness (QED) is 0.312. The summed E-state index contributed by atoms with van der Waals surface area (Å²) >= 11 is 0. The standard InChI is InChI=1S/C22H22N2O5/c1-5-9-24-20(26)16-8-7-15(11-18(16)21(24)27)22(28)29-12-19(25)17-10-13(3)23(6-2)14(17)4/h5,7-8,10-11H,1,6,9,12H2,2-4H3. The first-order chi connectivity index (χ1) is 13.8. The molecule has 150 valence electrons. The molecule has 7 nitrogen and oxygen atoms in total. The molecule has 0 spiro atoms. The van der Waals surface area contributed by atoms with Crippen LogP contribution in [0.2, 0.25) is 0 Å². The van der Waals surface area contributed by atoms with E-state index in [0.29, 0.717) is 5.56 Å². The topological polar surface area (TPSA) is 85.7 Å². The molecule has 2 heterocycles. The van der Waals surface area contributed by atoms with Crippen LogP contribution in [0.1, 0.15) is 59.7 Å². The van der Waals surface area contributed by atoms with Gasteiger partial charge in [0.1, 0.15) is 0 Å². The molecule has 0 unspecified atom stereocenters. The van der Waals surface area contributed by atoms with E-state index in [1.54, 1.807) is 6.07 Å². The van der Waals surface area contributed by atoms with Crippen molar-refractivity contribution in [2.75, 3.05) is 13.2 Å². The highest BCUT2D eigenvalue weighted by atomic mass is 16.5. The predicted octanol–water partition coefficient (Wildman–Crippen LogP) is 2.95. The van der Waals surface area contributed by atoms with Gasteiger partial charge < -0.3 is 9.30 Å². The largest absolute Gasteiger partial charge is 0.454 e. The number of ether oxygens (including phenoxy) is 1. The molecule has 29 heavy (non-hydrogen) atoms. The summed E-state index contributed by atoms with van der Waals surface area (Å²) in [5, 5.41) is 0. The fraction of sp³-hybridized carbons (Fsp3) is 0.273. The van der Waals surface area contributed by atoms with Gasteiger partial charge in [-0.1, -0.05) is 6.08 Å². The molecule has 7 heteroatoms. The molecule has 0 atom stereocenters. The molecule has 0 fully saturated rings. The van der Waals surface area contributed by atoms with E-state index in [1.165, 1.54) is 24.3 Å². The highest BCUT2D eigenvalue weighted by molar-refractivity contribution is 6.22. The molecule has 1 aromatic heterocycles. The summed E-state index contributed by atoms with van der Waals surface area (Å²) in [6.07, 6.45) is 1.46. The van der Waals surface area contributed by atoms with Crippen LogP contribution >= 0.6 is 0 Å². The molecular weight excluding hydrogens is 372 g/mol. The number of ketones is 1. The second kappa shape index (κ2) is 7.87. The molecule has 1 aromatic carbocycles. The Kier molecular flexibility index (Phi) is 5.50. The third-order valence-corrected chi connectivity index (χ3v) is 5.04. The monoisotopic (exact) mass is 394 g/mol. The zero-order chi connectivity index (χ0) is 21.3. The van der Waals surface area contributed by atoms with Gasteiger partial charge in [0, 0.05) is 30.0 Å². The van der Waals surface area contributed by atoms with E-state index in [2.05, 4.69) is 6.58 Å². The minimum Gasteiger partial charge on any atom is -0.454 e.